The third kappa shape index (κ3) is 4.75. The number of carboxylic acid groups (broad SMARTS) is 1. The number of aromatic carboxylic acids is 1. The monoisotopic (exact) mass is 367 g/mol. The van der Waals surface area contributed by atoms with Crippen LogP contribution < -0.4 is 10.1 Å². The fraction of sp³-hybridized carbons (Fsp3) is 0.222. The second-order valence-electron chi connectivity index (χ2n) is 5.39. The van der Waals surface area contributed by atoms with Crippen LogP contribution in [0.15, 0.2) is 42.5 Å². The average molecular weight is 367 g/mol. The lowest BCUT2D eigenvalue weighted by atomic mass is 10.1. The van der Waals surface area contributed by atoms with Crippen LogP contribution in [0.2, 0.25) is 0 Å². The van der Waals surface area contributed by atoms with E-state index in [0.717, 1.165) is 24.3 Å². The number of halogens is 3. The smallest absolute Gasteiger partial charge is 0.416 e. The molecular weight excluding hydrogens is 351 g/mol. The zero-order valence-electron chi connectivity index (χ0n) is 13.8. The van der Waals surface area contributed by atoms with Gasteiger partial charge in [0.25, 0.3) is 5.91 Å². The number of anilines is 1. The molecule has 0 saturated carbocycles. The number of carboxylic acids is 1. The number of ether oxygens (including phenoxy) is 1. The molecule has 0 aromatic heterocycles. The molecule has 26 heavy (non-hydrogen) atoms. The Morgan fingerprint density at radius 2 is 1.69 bits per heavy atom. The topological polar surface area (TPSA) is 75.6 Å². The van der Waals surface area contributed by atoms with Gasteiger partial charge in [0, 0.05) is 5.56 Å². The van der Waals surface area contributed by atoms with Crippen molar-refractivity contribution in [2.24, 2.45) is 0 Å². The molecule has 0 bridgehead atoms. The Morgan fingerprint density at radius 3 is 2.23 bits per heavy atom. The summed E-state index contributed by atoms with van der Waals surface area (Å²) in [7, 11) is 0. The Morgan fingerprint density at radius 1 is 1.08 bits per heavy atom. The number of hydrogen-bond acceptors (Lipinski definition) is 3. The summed E-state index contributed by atoms with van der Waals surface area (Å²) >= 11 is 0. The minimum absolute atomic E-state index is 0.000157. The highest BCUT2D eigenvalue weighted by Gasteiger charge is 2.30. The molecule has 0 atom stereocenters. The molecule has 2 N–H and O–H groups in total. The summed E-state index contributed by atoms with van der Waals surface area (Å²) in [4.78, 5) is 23.4. The van der Waals surface area contributed by atoms with Crippen molar-refractivity contribution >= 4 is 17.6 Å². The second-order valence-corrected chi connectivity index (χ2v) is 5.39. The first-order valence-corrected chi connectivity index (χ1v) is 7.71. The molecule has 0 aliphatic heterocycles. The summed E-state index contributed by atoms with van der Waals surface area (Å²) in [6, 6.07) is 7.68. The third-order valence-electron chi connectivity index (χ3n) is 3.41. The van der Waals surface area contributed by atoms with Crippen LogP contribution in [0.5, 0.6) is 5.75 Å². The van der Waals surface area contributed by atoms with Gasteiger partial charge in [0.05, 0.1) is 23.4 Å². The van der Waals surface area contributed by atoms with Crippen LogP contribution >= 0.6 is 0 Å². The second kappa shape index (κ2) is 7.90. The van der Waals surface area contributed by atoms with E-state index in [1.807, 2.05) is 6.92 Å². The Hall–Kier alpha value is -3.03. The van der Waals surface area contributed by atoms with Crippen molar-refractivity contribution < 1.29 is 32.6 Å². The number of alkyl halides is 3. The minimum Gasteiger partial charge on any atom is -0.491 e. The van der Waals surface area contributed by atoms with E-state index in [1.165, 1.54) is 18.2 Å². The highest BCUT2D eigenvalue weighted by Crippen LogP contribution is 2.30. The fourth-order valence-electron chi connectivity index (χ4n) is 2.10. The summed E-state index contributed by atoms with van der Waals surface area (Å²) in [6.45, 7) is 2.24. The number of nitrogens with one attached hydrogen (secondary N) is 1. The van der Waals surface area contributed by atoms with Crippen molar-refractivity contribution in [2.75, 3.05) is 11.9 Å². The van der Waals surface area contributed by atoms with Crippen molar-refractivity contribution in [2.45, 2.75) is 19.5 Å². The normalized spacial score (nSPS) is 11.1. The molecule has 0 radical (unpaired) electrons. The molecule has 0 spiro atoms. The number of benzene rings is 2. The van der Waals surface area contributed by atoms with Crippen LogP contribution in [-0.4, -0.2) is 23.6 Å². The quantitative estimate of drug-likeness (QED) is 0.791. The molecule has 0 heterocycles. The van der Waals surface area contributed by atoms with E-state index in [0.29, 0.717) is 13.0 Å². The van der Waals surface area contributed by atoms with Crippen LogP contribution in [0.25, 0.3) is 0 Å². The molecular formula is C18H16F3NO4. The van der Waals surface area contributed by atoms with Crippen molar-refractivity contribution in [1.29, 1.82) is 0 Å². The lowest BCUT2D eigenvalue weighted by Gasteiger charge is -2.13. The van der Waals surface area contributed by atoms with Gasteiger partial charge < -0.3 is 15.2 Å². The van der Waals surface area contributed by atoms with Gasteiger partial charge in [-0.1, -0.05) is 6.92 Å². The molecule has 0 aliphatic carbocycles. The van der Waals surface area contributed by atoms with Gasteiger partial charge in [-0.2, -0.15) is 13.2 Å². The maximum Gasteiger partial charge on any atom is 0.416 e. The molecule has 0 aliphatic rings. The minimum atomic E-state index is -4.49. The number of hydrogen-bond donors (Lipinski definition) is 2. The molecule has 0 saturated heterocycles. The summed E-state index contributed by atoms with van der Waals surface area (Å²) in [5.41, 5.74) is -0.797. The Labute approximate surface area is 147 Å². The van der Waals surface area contributed by atoms with Gasteiger partial charge in [-0.15, -0.1) is 0 Å². The van der Waals surface area contributed by atoms with E-state index in [-0.39, 0.29) is 22.6 Å². The highest BCUT2D eigenvalue weighted by atomic mass is 19.4. The van der Waals surface area contributed by atoms with Crippen LogP contribution in [-0.2, 0) is 6.18 Å². The number of amides is 1. The molecule has 2 aromatic carbocycles. The van der Waals surface area contributed by atoms with Crippen molar-refractivity contribution in [3.63, 3.8) is 0 Å². The summed E-state index contributed by atoms with van der Waals surface area (Å²) in [5, 5.41) is 11.6. The van der Waals surface area contributed by atoms with Crippen molar-refractivity contribution in [3.8, 4) is 5.75 Å². The largest absolute Gasteiger partial charge is 0.491 e. The number of carbonyl (C=O) groups excluding carboxylic acids is 1. The SMILES string of the molecule is CCCOc1ccc(C(=O)O)cc1NC(=O)c1ccc(C(F)(F)F)cc1. The van der Waals surface area contributed by atoms with E-state index in [9.17, 15) is 22.8 Å². The van der Waals surface area contributed by atoms with Crippen LogP contribution in [0.1, 0.15) is 39.6 Å². The van der Waals surface area contributed by atoms with Gasteiger partial charge in [0.2, 0.25) is 0 Å². The standard InChI is InChI=1S/C18H16F3NO4/c1-2-9-26-15-8-5-12(17(24)25)10-14(15)22-16(23)11-3-6-13(7-4-11)18(19,20)21/h3-8,10H,2,9H2,1H3,(H,22,23)(H,24,25). The lowest BCUT2D eigenvalue weighted by Crippen LogP contribution is -2.14. The van der Waals surface area contributed by atoms with Crippen LogP contribution in [0.3, 0.4) is 0 Å². The van der Waals surface area contributed by atoms with E-state index < -0.39 is 23.6 Å². The zero-order valence-corrected chi connectivity index (χ0v) is 13.8. The predicted molar refractivity (Wildman–Crippen MR) is 88.6 cm³/mol. The highest BCUT2D eigenvalue weighted by molar-refractivity contribution is 6.05. The molecule has 5 nitrogen and oxygen atoms in total. The predicted octanol–water partition coefficient (Wildman–Crippen LogP) is 4.44. The number of carbonyl (C=O) groups is 2. The average Bonchev–Trinajstić information content (AvgIpc) is 2.59. The Balaban J connectivity index is 2.26. The zero-order chi connectivity index (χ0) is 19.3. The van der Waals surface area contributed by atoms with Gasteiger partial charge >= 0.3 is 12.1 Å². The molecule has 1 amide bonds. The summed E-state index contributed by atoms with van der Waals surface area (Å²) in [6.07, 6.45) is -3.79. The molecule has 8 heteroatoms. The van der Waals surface area contributed by atoms with Gasteiger partial charge in [0.1, 0.15) is 5.75 Å². The Kier molecular flexibility index (Phi) is 5.86. The molecule has 138 valence electrons. The lowest BCUT2D eigenvalue weighted by molar-refractivity contribution is -0.137. The van der Waals surface area contributed by atoms with Crippen molar-refractivity contribution in [1.82, 2.24) is 0 Å². The molecule has 0 fully saturated rings. The van der Waals surface area contributed by atoms with Gasteiger partial charge in [-0.3, -0.25) is 4.79 Å². The molecule has 2 aromatic rings. The molecule has 0 unspecified atom stereocenters. The van der Waals surface area contributed by atoms with Crippen molar-refractivity contribution in [3.05, 3.63) is 59.2 Å². The first-order chi connectivity index (χ1) is 12.2. The van der Waals surface area contributed by atoms with Crippen LogP contribution in [0, 0.1) is 0 Å². The summed E-state index contributed by atoms with van der Waals surface area (Å²) in [5.74, 6) is -1.59. The van der Waals surface area contributed by atoms with E-state index >= 15 is 0 Å². The van der Waals surface area contributed by atoms with Gasteiger partial charge in [-0.25, -0.2) is 4.79 Å². The Bertz CT molecular complexity index is 801. The van der Waals surface area contributed by atoms with Crippen LogP contribution in [0.4, 0.5) is 18.9 Å². The first-order valence-electron chi connectivity index (χ1n) is 7.71. The maximum absolute atomic E-state index is 12.6. The first kappa shape index (κ1) is 19.3. The third-order valence-corrected chi connectivity index (χ3v) is 3.41. The maximum atomic E-state index is 12.6. The fourth-order valence-corrected chi connectivity index (χ4v) is 2.10. The van der Waals surface area contributed by atoms with E-state index in [2.05, 4.69) is 5.32 Å². The summed E-state index contributed by atoms with van der Waals surface area (Å²) < 4.78 is 43.2. The van der Waals surface area contributed by atoms with E-state index in [1.54, 1.807) is 0 Å². The van der Waals surface area contributed by atoms with Gasteiger partial charge in [0.15, 0.2) is 0 Å². The van der Waals surface area contributed by atoms with E-state index in [4.69, 9.17) is 9.84 Å². The number of rotatable bonds is 6. The van der Waals surface area contributed by atoms with Gasteiger partial charge in [-0.05, 0) is 48.9 Å². The molecule has 2 rings (SSSR count).